The average molecular weight is 267 g/mol. The Balaban J connectivity index is 2.04. The van der Waals surface area contributed by atoms with Crippen LogP contribution in [0.4, 0.5) is 0 Å². The molecule has 0 radical (unpaired) electrons. The molecule has 0 amide bonds. The highest BCUT2D eigenvalue weighted by Crippen LogP contribution is 2.38. The number of hydrogen-bond acceptors (Lipinski definition) is 0. The van der Waals surface area contributed by atoms with Crippen LogP contribution in [0.1, 0.15) is 55.5 Å². The monoisotopic (exact) mass is 267 g/mol. The summed E-state index contributed by atoms with van der Waals surface area (Å²) >= 11 is 0. The van der Waals surface area contributed by atoms with Gasteiger partial charge in [0.1, 0.15) is 12.2 Å². The summed E-state index contributed by atoms with van der Waals surface area (Å²) in [4.78, 5) is 1.53. The fraction of sp³-hybridized carbons (Fsp3) is 0.444. The zero-order chi connectivity index (χ0) is 13.9. The highest BCUT2D eigenvalue weighted by Gasteiger charge is 2.34. The summed E-state index contributed by atoms with van der Waals surface area (Å²) in [7, 11) is 2.29. The van der Waals surface area contributed by atoms with Gasteiger partial charge in [-0.1, -0.05) is 19.9 Å². The first kappa shape index (κ1) is 12.2. The third kappa shape index (κ3) is 1.55. The zero-order valence-corrected chi connectivity index (χ0v) is 12.6. The van der Waals surface area contributed by atoms with Gasteiger partial charge in [0.25, 0.3) is 0 Å². The van der Waals surface area contributed by atoms with E-state index >= 15 is 0 Å². The lowest BCUT2D eigenvalue weighted by Crippen LogP contribution is -3.05. The van der Waals surface area contributed by atoms with Gasteiger partial charge in [0.2, 0.25) is 0 Å². The molecule has 2 heterocycles. The number of nitrogens with one attached hydrogen (secondary N) is 1. The van der Waals surface area contributed by atoms with Gasteiger partial charge in [0, 0.05) is 11.8 Å². The highest BCUT2D eigenvalue weighted by molar-refractivity contribution is 5.88. The molecule has 2 atom stereocenters. The number of rotatable bonds is 1. The van der Waals surface area contributed by atoms with Gasteiger partial charge in [0.05, 0.1) is 24.5 Å². The third-order valence-corrected chi connectivity index (χ3v) is 5.13. The second-order valence-electron chi connectivity index (χ2n) is 6.67. The second-order valence-corrected chi connectivity index (χ2v) is 6.67. The maximum Gasteiger partial charge on any atom is 0.133 e. The Hall–Kier alpha value is -1.54. The smallest absolute Gasteiger partial charge is 0.133 e. The van der Waals surface area contributed by atoms with Crippen molar-refractivity contribution in [1.82, 2.24) is 4.57 Å². The quantitative estimate of drug-likeness (QED) is 0.813. The Bertz CT molecular complexity index is 706. The standard InChI is InChI=1S/C18H22N2/c1-12(2)13-7-8-16-15(11-13)14-5-4-6-17-18(14)20(16)10-9-19(17)3/h7-12,17H,4-6H2,1-3H3/p+1. The molecule has 0 spiro atoms. The van der Waals surface area contributed by atoms with Gasteiger partial charge in [-0.05, 0) is 42.0 Å². The predicted octanol–water partition coefficient (Wildman–Crippen LogP) is 3.10. The van der Waals surface area contributed by atoms with Gasteiger partial charge < -0.3 is 9.47 Å². The number of benzene rings is 1. The first-order valence-corrected chi connectivity index (χ1v) is 7.85. The van der Waals surface area contributed by atoms with Crippen molar-refractivity contribution >= 4 is 17.1 Å². The van der Waals surface area contributed by atoms with E-state index in [1.807, 2.05) is 0 Å². The van der Waals surface area contributed by atoms with Crippen LogP contribution in [0.25, 0.3) is 17.1 Å². The number of quaternary nitrogens is 1. The molecule has 2 unspecified atom stereocenters. The summed E-state index contributed by atoms with van der Waals surface area (Å²) < 4.78 is 2.45. The van der Waals surface area contributed by atoms with E-state index in [2.05, 4.69) is 56.1 Å². The Morgan fingerprint density at radius 3 is 2.95 bits per heavy atom. The van der Waals surface area contributed by atoms with Crippen LogP contribution >= 0.6 is 0 Å². The Kier molecular flexibility index (Phi) is 2.58. The van der Waals surface area contributed by atoms with Crippen LogP contribution in [-0.2, 0) is 6.42 Å². The van der Waals surface area contributed by atoms with Crippen molar-refractivity contribution in [2.75, 3.05) is 7.05 Å². The minimum Gasteiger partial charge on any atom is -0.309 e. The van der Waals surface area contributed by atoms with E-state index in [1.54, 1.807) is 11.3 Å². The molecular formula is C18H23N2+. The summed E-state index contributed by atoms with van der Waals surface area (Å²) in [5.41, 5.74) is 6.05. The van der Waals surface area contributed by atoms with Crippen molar-refractivity contribution in [2.24, 2.45) is 0 Å². The topological polar surface area (TPSA) is 9.37 Å². The number of nitrogens with zero attached hydrogens (tertiary/aromatic N) is 1. The molecule has 1 aromatic heterocycles. The van der Waals surface area contributed by atoms with Crippen LogP contribution in [-0.4, -0.2) is 11.6 Å². The Morgan fingerprint density at radius 1 is 1.30 bits per heavy atom. The van der Waals surface area contributed by atoms with E-state index in [0.717, 1.165) is 0 Å². The van der Waals surface area contributed by atoms with Crippen LogP contribution in [0.5, 0.6) is 0 Å². The number of hydrogen-bond donors (Lipinski definition) is 1. The van der Waals surface area contributed by atoms with Gasteiger partial charge in [-0.3, -0.25) is 0 Å². The molecule has 2 aromatic rings. The number of aromatic nitrogens is 1. The van der Waals surface area contributed by atoms with Crippen molar-refractivity contribution < 1.29 is 4.90 Å². The van der Waals surface area contributed by atoms with Crippen LogP contribution in [0.2, 0.25) is 0 Å². The molecule has 0 saturated heterocycles. The zero-order valence-electron chi connectivity index (χ0n) is 12.6. The van der Waals surface area contributed by atoms with Crippen molar-refractivity contribution in [3.63, 3.8) is 0 Å². The van der Waals surface area contributed by atoms with E-state index in [1.165, 1.54) is 40.6 Å². The summed E-state index contributed by atoms with van der Waals surface area (Å²) in [6.45, 7) is 4.56. The summed E-state index contributed by atoms with van der Waals surface area (Å²) in [5, 5.41) is 1.50. The minimum absolute atomic E-state index is 0.603. The lowest BCUT2D eigenvalue weighted by atomic mass is 9.89. The molecule has 1 N–H and O–H groups in total. The molecule has 20 heavy (non-hydrogen) atoms. The largest absolute Gasteiger partial charge is 0.309 e. The first-order valence-electron chi connectivity index (χ1n) is 7.85. The molecule has 1 aliphatic carbocycles. The SMILES string of the molecule is CC(C)c1ccc2c(c1)c1c3n2C=C[NH+](C)C3CCC1. The van der Waals surface area contributed by atoms with Gasteiger partial charge in [-0.25, -0.2) is 0 Å². The first-order chi connectivity index (χ1) is 9.66. The van der Waals surface area contributed by atoms with Crippen LogP contribution in [0.15, 0.2) is 24.4 Å². The lowest BCUT2D eigenvalue weighted by molar-refractivity contribution is -0.862. The van der Waals surface area contributed by atoms with Gasteiger partial charge >= 0.3 is 0 Å². The molecule has 4 rings (SSSR count). The predicted molar refractivity (Wildman–Crippen MR) is 83.9 cm³/mol. The van der Waals surface area contributed by atoms with Crippen LogP contribution in [0.3, 0.4) is 0 Å². The normalized spacial score (nSPS) is 24.4. The molecule has 1 aromatic carbocycles. The lowest BCUT2D eigenvalue weighted by Gasteiger charge is -2.30. The van der Waals surface area contributed by atoms with Gasteiger partial charge in [-0.2, -0.15) is 0 Å². The van der Waals surface area contributed by atoms with Gasteiger partial charge in [0.15, 0.2) is 0 Å². The third-order valence-electron chi connectivity index (χ3n) is 5.13. The van der Waals surface area contributed by atoms with Crippen molar-refractivity contribution in [1.29, 1.82) is 0 Å². The summed E-state index contributed by atoms with van der Waals surface area (Å²) in [6, 6.07) is 7.71. The summed E-state index contributed by atoms with van der Waals surface area (Å²) in [5.74, 6) is 0.603. The molecule has 0 bridgehead atoms. The Labute approximate surface area is 120 Å². The fourth-order valence-corrected chi connectivity index (χ4v) is 3.95. The van der Waals surface area contributed by atoms with E-state index in [0.29, 0.717) is 12.0 Å². The van der Waals surface area contributed by atoms with Gasteiger partial charge in [-0.15, -0.1) is 0 Å². The molecule has 0 saturated carbocycles. The Morgan fingerprint density at radius 2 is 2.15 bits per heavy atom. The van der Waals surface area contributed by atoms with E-state index in [4.69, 9.17) is 0 Å². The minimum atomic E-state index is 0.603. The average Bonchev–Trinajstić information content (AvgIpc) is 2.78. The second kappa shape index (κ2) is 4.23. The maximum absolute atomic E-state index is 2.45. The number of aryl methyl sites for hydroxylation is 1. The summed E-state index contributed by atoms with van der Waals surface area (Å²) in [6.07, 6.45) is 8.47. The molecule has 2 aliphatic rings. The highest BCUT2D eigenvalue weighted by atomic mass is 15.2. The molecule has 0 fully saturated rings. The molecule has 1 aliphatic heterocycles. The fourth-order valence-electron chi connectivity index (χ4n) is 3.95. The van der Waals surface area contributed by atoms with Crippen molar-refractivity contribution in [3.05, 3.63) is 41.2 Å². The maximum atomic E-state index is 2.45. The molecular weight excluding hydrogens is 244 g/mol. The van der Waals surface area contributed by atoms with E-state index in [9.17, 15) is 0 Å². The molecule has 2 heteroatoms. The van der Waals surface area contributed by atoms with E-state index in [-0.39, 0.29) is 0 Å². The van der Waals surface area contributed by atoms with Crippen LogP contribution in [0, 0.1) is 0 Å². The van der Waals surface area contributed by atoms with Crippen LogP contribution < -0.4 is 4.90 Å². The van der Waals surface area contributed by atoms with Crippen molar-refractivity contribution in [2.45, 2.75) is 45.1 Å². The molecule has 2 nitrogen and oxygen atoms in total. The number of fused-ring (bicyclic) bond motifs is 3. The van der Waals surface area contributed by atoms with E-state index < -0.39 is 0 Å². The molecule has 104 valence electrons. The van der Waals surface area contributed by atoms with Crippen molar-refractivity contribution in [3.8, 4) is 0 Å².